The lowest BCUT2D eigenvalue weighted by molar-refractivity contribution is -0.186. The third-order valence-corrected chi connectivity index (χ3v) is 9.93. The van der Waals surface area contributed by atoms with E-state index in [1.54, 1.807) is 69.3 Å². The Hall–Kier alpha value is -2.13. The molecule has 1 fully saturated rings. The van der Waals surface area contributed by atoms with Crippen LogP contribution in [0.5, 0.6) is 0 Å². The van der Waals surface area contributed by atoms with Crippen molar-refractivity contribution in [3.8, 4) is 0 Å². The molecule has 2 aromatic rings. The van der Waals surface area contributed by atoms with Gasteiger partial charge in [0.25, 0.3) is 5.91 Å². The SMILES string of the molecule is CC(C)(C)C(CS(=O)(=O)C(C)(C)C)N1C(=O)[C@H](CC(=O)O)O[C@H](c2cccc(Cl)c2)[C@H]1c1ccc(Cl)cc1. The fourth-order valence-corrected chi connectivity index (χ4v) is 6.45. The largest absolute Gasteiger partial charge is 0.481 e. The summed E-state index contributed by atoms with van der Waals surface area (Å²) < 4.78 is 32.2. The van der Waals surface area contributed by atoms with E-state index < -0.39 is 62.6 Å². The summed E-state index contributed by atoms with van der Waals surface area (Å²) in [6.45, 7) is 10.5. The molecule has 1 N–H and O–H groups in total. The first-order valence-corrected chi connectivity index (χ1v) is 14.8. The van der Waals surface area contributed by atoms with Crippen molar-refractivity contribution in [1.29, 1.82) is 0 Å². The maximum absolute atomic E-state index is 14.1. The number of ether oxygens (including phenoxy) is 1. The zero-order valence-corrected chi connectivity index (χ0v) is 24.8. The number of carboxylic acids is 1. The molecule has 208 valence electrons. The van der Waals surface area contributed by atoms with Crippen molar-refractivity contribution >= 4 is 44.9 Å². The third-order valence-electron chi connectivity index (χ3n) is 6.82. The monoisotopic (exact) mass is 583 g/mol. The van der Waals surface area contributed by atoms with Crippen molar-refractivity contribution < 1.29 is 27.9 Å². The van der Waals surface area contributed by atoms with Gasteiger partial charge in [0.15, 0.2) is 9.84 Å². The van der Waals surface area contributed by atoms with Gasteiger partial charge in [-0.1, -0.05) is 68.2 Å². The van der Waals surface area contributed by atoms with Crippen LogP contribution in [0.1, 0.15) is 71.2 Å². The zero-order valence-electron chi connectivity index (χ0n) is 22.4. The maximum Gasteiger partial charge on any atom is 0.306 e. The Bertz CT molecular complexity index is 1280. The summed E-state index contributed by atoms with van der Waals surface area (Å²) >= 11 is 12.5. The summed E-state index contributed by atoms with van der Waals surface area (Å²) in [5.74, 6) is -2.08. The molecule has 4 atom stereocenters. The molecule has 1 unspecified atom stereocenters. The predicted octanol–water partition coefficient (Wildman–Crippen LogP) is 6.11. The van der Waals surface area contributed by atoms with E-state index in [2.05, 4.69) is 0 Å². The minimum absolute atomic E-state index is 0.308. The van der Waals surface area contributed by atoms with Gasteiger partial charge in [-0.15, -0.1) is 0 Å². The van der Waals surface area contributed by atoms with Crippen LogP contribution < -0.4 is 0 Å². The Labute approximate surface area is 235 Å². The van der Waals surface area contributed by atoms with Crippen LogP contribution in [0.3, 0.4) is 0 Å². The molecule has 0 spiro atoms. The van der Waals surface area contributed by atoms with Gasteiger partial charge in [-0.25, -0.2) is 8.42 Å². The molecule has 10 heteroatoms. The van der Waals surface area contributed by atoms with Crippen LogP contribution in [-0.2, 0) is 24.2 Å². The van der Waals surface area contributed by atoms with E-state index in [9.17, 15) is 23.1 Å². The first-order valence-electron chi connectivity index (χ1n) is 12.3. The number of halogens is 2. The van der Waals surface area contributed by atoms with Crippen molar-refractivity contribution in [1.82, 2.24) is 4.90 Å². The Morgan fingerprint density at radius 1 is 1.00 bits per heavy atom. The molecule has 1 aliphatic rings. The van der Waals surface area contributed by atoms with E-state index >= 15 is 0 Å². The number of hydrogen-bond donors (Lipinski definition) is 1. The first kappa shape index (κ1) is 30.4. The van der Waals surface area contributed by atoms with E-state index in [0.717, 1.165) is 0 Å². The normalized spacial score (nSPS) is 21.8. The highest BCUT2D eigenvalue weighted by Gasteiger charge is 2.51. The van der Waals surface area contributed by atoms with Crippen LogP contribution >= 0.6 is 23.2 Å². The molecule has 1 saturated heterocycles. The Morgan fingerprint density at radius 2 is 1.61 bits per heavy atom. The van der Waals surface area contributed by atoms with E-state index in [1.165, 1.54) is 4.90 Å². The summed E-state index contributed by atoms with van der Waals surface area (Å²) in [6.07, 6.45) is -2.70. The standard InChI is InChI=1S/C28H35Cl2NO6S/c1-27(2,3)22(16-38(35,36)28(4,5)6)31-24(17-10-12-19(29)13-11-17)25(18-8-7-9-20(30)14-18)37-21(26(31)34)15-23(32)33/h7-14,21-22,24-25H,15-16H2,1-6H3,(H,32,33)/t21-,22?,24+,25+/m0/s1. The summed E-state index contributed by atoms with van der Waals surface area (Å²) in [6, 6.07) is 12.3. The lowest BCUT2D eigenvalue weighted by Gasteiger charge is -2.51. The van der Waals surface area contributed by atoms with Gasteiger partial charge in [0.05, 0.1) is 29.0 Å². The lowest BCUT2D eigenvalue weighted by Crippen LogP contribution is -2.60. The fourth-order valence-electron chi connectivity index (χ4n) is 4.55. The molecule has 0 radical (unpaired) electrons. The summed E-state index contributed by atoms with van der Waals surface area (Å²) in [4.78, 5) is 27.4. The van der Waals surface area contributed by atoms with Crippen molar-refractivity contribution in [2.75, 3.05) is 5.75 Å². The van der Waals surface area contributed by atoms with Crippen molar-refractivity contribution in [2.45, 2.75) is 77.0 Å². The number of carbonyl (C=O) groups excluding carboxylic acids is 1. The molecule has 1 amide bonds. The van der Waals surface area contributed by atoms with E-state index in [1.807, 2.05) is 20.8 Å². The molecule has 1 aliphatic heterocycles. The molecule has 0 bridgehead atoms. The minimum Gasteiger partial charge on any atom is -0.481 e. The van der Waals surface area contributed by atoms with Crippen LogP contribution in [0, 0.1) is 5.41 Å². The van der Waals surface area contributed by atoms with Gasteiger partial charge in [-0.3, -0.25) is 9.59 Å². The molecule has 0 saturated carbocycles. The zero-order chi connectivity index (χ0) is 28.6. The topological polar surface area (TPSA) is 101 Å². The van der Waals surface area contributed by atoms with E-state index in [4.69, 9.17) is 27.9 Å². The van der Waals surface area contributed by atoms with Crippen LogP contribution in [0.2, 0.25) is 10.0 Å². The van der Waals surface area contributed by atoms with Gasteiger partial charge in [0.2, 0.25) is 0 Å². The van der Waals surface area contributed by atoms with Crippen molar-refractivity contribution in [3.63, 3.8) is 0 Å². The summed E-state index contributed by atoms with van der Waals surface area (Å²) in [5, 5.41) is 10.5. The summed E-state index contributed by atoms with van der Waals surface area (Å²) in [5.41, 5.74) is 0.614. The highest BCUT2D eigenvalue weighted by atomic mass is 35.5. The number of benzene rings is 2. The molecule has 38 heavy (non-hydrogen) atoms. The van der Waals surface area contributed by atoms with E-state index in [-0.39, 0.29) is 5.75 Å². The highest BCUT2D eigenvalue weighted by molar-refractivity contribution is 7.92. The van der Waals surface area contributed by atoms with Crippen molar-refractivity contribution in [2.24, 2.45) is 5.41 Å². The minimum atomic E-state index is -3.69. The van der Waals surface area contributed by atoms with Gasteiger partial charge >= 0.3 is 5.97 Å². The molecule has 7 nitrogen and oxygen atoms in total. The third kappa shape index (κ3) is 6.71. The average Bonchev–Trinajstić information content (AvgIpc) is 2.78. The van der Waals surface area contributed by atoms with Gasteiger partial charge in [-0.2, -0.15) is 0 Å². The second-order valence-electron chi connectivity index (χ2n) is 11.7. The Balaban J connectivity index is 2.30. The average molecular weight is 585 g/mol. The fraction of sp³-hybridized carbons (Fsp3) is 0.500. The predicted molar refractivity (Wildman–Crippen MR) is 149 cm³/mol. The molecule has 2 aromatic carbocycles. The molecule has 3 rings (SSSR count). The molecular formula is C28H35Cl2NO6S. The van der Waals surface area contributed by atoms with Crippen LogP contribution in [0.4, 0.5) is 0 Å². The highest BCUT2D eigenvalue weighted by Crippen LogP contribution is 2.47. The van der Waals surface area contributed by atoms with E-state index in [0.29, 0.717) is 21.2 Å². The number of amides is 1. The Kier molecular flexibility index (Phi) is 8.93. The number of aliphatic carboxylic acids is 1. The molecule has 0 aromatic heterocycles. The number of nitrogens with zero attached hydrogens (tertiary/aromatic N) is 1. The van der Waals surface area contributed by atoms with Gasteiger partial charge in [0, 0.05) is 10.0 Å². The summed E-state index contributed by atoms with van der Waals surface area (Å²) in [7, 11) is -3.69. The number of sulfone groups is 1. The first-order chi connectivity index (χ1) is 17.4. The van der Waals surface area contributed by atoms with Crippen LogP contribution in [0.15, 0.2) is 48.5 Å². The lowest BCUT2D eigenvalue weighted by atomic mass is 9.82. The number of morpholine rings is 1. The van der Waals surface area contributed by atoms with Gasteiger partial charge < -0.3 is 14.7 Å². The van der Waals surface area contributed by atoms with Gasteiger partial charge in [0.1, 0.15) is 12.2 Å². The molecule has 1 heterocycles. The number of carbonyl (C=O) groups is 2. The molecule has 0 aliphatic carbocycles. The number of rotatable bonds is 7. The van der Waals surface area contributed by atoms with Crippen LogP contribution in [0.25, 0.3) is 0 Å². The number of hydrogen-bond acceptors (Lipinski definition) is 5. The smallest absolute Gasteiger partial charge is 0.306 e. The second-order valence-corrected chi connectivity index (χ2v) is 15.4. The molecular weight excluding hydrogens is 549 g/mol. The second kappa shape index (κ2) is 11.2. The quantitative estimate of drug-likeness (QED) is 0.422. The number of carboxylic acid groups (broad SMARTS) is 1. The maximum atomic E-state index is 14.1. The van der Waals surface area contributed by atoms with Crippen molar-refractivity contribution in [3.05, 3.63) is 69.7 Å². The van der Waals surface area contributed by atoms with Gasteiger partial charge in [-0.05, 0) is 61.6 Å². The van der Waals surface area contributed by atoms with Crippen LogP contribution in [-0.4, -0.2) is 52.9 Å². The Morgan fingerprint density at radius 3 is 2.11 bits per heavy atom.